The van der Waals surface area contributed by atoms with Crippen LogP contribution in [-0.4, -0.2) is 24.1 Å². The normalized spacial score (nSPS) is 10.4. The Morgan fingerprint density at radius 1 is 1.25 bits per heavy atom. The first-order valence-corrected chi connectivity index (χ1v) is 4.63. The zero-order valence-corrected chi connectivity index (χ0v) is 8.15. The van der Waals surface area contributed by atoms with Crippen LogP contribution in [0.4, 0.5) is 0 Å². The molecule has 0 aromatic carbocycles. The predicted molar refractivity (Wildman–Crippen MR) is 54.8 cm³/mol. The molecule has 0 aliphatic rings. The number of nitrogens with zero attached hydrogens (tertiary/aromatic N) is 6. The first-order chi connectivity index (χ1) is 7.88. The average Bonchev–Trinajstić information content (AvgIpc) is 2.97. The van der Waals surface area contributed by atoms with Gasteiger partial charge in [-0.05, 0) is 12.1 Å². The Bertz CT molecular complexity index is 686. The minimum atomic E-state index is 0.150. The van der Waals surface area contributed by atoms with Gasteiger partial charge in [-0.2, -0.15) is 5.26 Å². The number of hydrogen-bond acceptors (Lipinski definition) is 4. The maximum Gasteiger partial charge on any atom is 0.252 e. The molecule has 6 heteroatoms. The Balaban J connectivity index is 2.26. The van der Waals surface area contributed by atoms with Gasteiger partial charge in [-0.15, -0.1) is 5.10 Å². The third kappa shape index (κ3) is 1.15. The van der Waals surface area contributed by atoms with Crippen molar-refractivity contribution < 1.29 is 0 Å². The molecule has 0 fully saturated rings. The number of hydrogen-bond donors (Lipinski definition) is 0. The Morgan fingerprint density at radius 2 is 2.19 bits per heavy atom. The summed E-state index contributed by atoms with van der Waals surface area (Å²) >= 11 is 0. The molecule has 0 N–H and O–H groups in total. The van der Waals surface area contributed by atoms with Crippen molar-refractivity contribution in [3.8, 4) is 11.9 Å². The molecule has 0 spiro atoms. The highest BCUT2D eigenvalue weighted by Crippen LogP contribution is 2.09. The summed E-state index contributed by atoms with van der Waals surface area (Å²) < 4.78 is 3.42. The Hall–Kier alpha value is -2.68. The maximum absolute atomic E-state index is 8.66. The second kappa shape index (κ2) is 3.17. The van der Waals surface area contributed by atoms with E-state index in [2.05, 4.69) is 15.1 Å². The lowest BCUT2D eigenvalue weighted by Crippen LogP contribution is -2.01. The Morgan fingerprint density at radius 3 is 3.00 bits per heavy atom. The lowest BCUT2D eigenvalue weighted by molar-refractivity contribution is 0.823. The lowest BCUT2D eigenvalue weighted by Gasteiger charge is -2.03. The van der Waals surface area contributed by atoms with Crippen LogP contribution in [0.3, 0.4) is 0 Å². The summed E-state index contributed by atoms with van der Waals surface area (Å²) in [5, 5.41) is 12.7. The molecule has 3 aromatic rings. The fraction of sp³-hybridized carbons (Fsp3) is 0. The number of fused-ring (bicyclic) bond motifs is 1. The van der Waals surface area contributed by atoms with Crippen LogP contribution in [-0.2, 0) is 0 Å². The van der Waals surface area contributed by atoms with E-state index in [1.807, 2.05) is 34.9 Å². The number of nitriles is 1. The molecule has 6 nitrogen and oxygen atoms in total. The number of pyridine rings is 1. The van der Waals surface area contributed by atoms with Gasteiger partial charge in [0.1, 0.15) is 23.9 Å². The third-order valence-electron chi connectivity index (χ3n) is 2.23. The smallest absolute Gasteiger partial charge is 0.252 e. The fourth-order valence-corrected chi connectivity index (χ4v) is 1.54. The second-order valence-corrected chi connectivity index (χ2v) is 3.16. The van der Waals surface area contributed by atoms with Gasteiger partial charge in [0, 0.05) is 12.4 Å². The van der Waals surface area contributed by atoms with E-state index in [9.17, 15) is 0 Å². The molecule has 0 radical (unpaired) electrons. The summed E-state index contributed by atoms with van der Waals surface area (Å²) in [6.45, 7) is 0. The molecule has 3 heterocycles. The Labute approximate surface area is 90.4 Å². The van der Waals surface area contributed by atoms with E-state index in [1.165, 1.54) is 6.33 Å². The molecule has 0 saturated carbocycles. The van der Waals surface area contributed by atoms with Gasteiger partial charge in [0.25, 0.3) is 5.82 Å². The van der Waals surface area contributed by atoms with Gasteiger partial charge in [-0.3, -0.25) is 4.40 Å². The van der Waals surface area contributed by atoms with Crippen LogP contribution in [0.15, 0.2) is 36.9 Å². The van der Waals surface area contributed by atoms with E-state index >= 15 is 0 Å². The molecule has 0 bridgehead atoms. The SMILES string of the molecule is N#Cc1ncn(-c2cccc3nccn23)n1. The van der Waals surface area contributed by atoms with Crippen molar-refractivity contribution in [2.75, 3.05) is 0 Å². The Kier molecular flexibility index (Phi) is 1.71. The molecular formula is C10H6N6. The summed E-state index contributed by atoms with van der Waals surface area (Å²) in [4.78, 5) is 8.03. The summed E-state index contributed by atoms with van der Waals surface area (Å²) in [5.74, 6) is 0.945. The topological polar surface area (TPSA) is 71.8 Å². The van der Waals surface area contributed by atoms with Crippen molar-refractivity contribution >= 4 is 5.65 Å². The average molecular weight is 210 g/mol. The van der Waals surface area contributed by atoms with Crippen molar-refractivity contribution in [2.24, 2.45) is 0 Å². The highest BCUT2D eigenvalue weighted by atomic mass is 15.4. The van der Waals surface area contributed by atoms with Crippen molar-refractivity contribution in [2.45, 2.75) is 0 Å². The lowest BCUT2D eigenvalue weighted by atomic mass is 10.4. The van der Waals surface area contributed by atoms with Crippen LogP contribution in [0.5, 0.6) is 0 Å². The quantitative estimate of drug-likeness (QED) is 0.595. The van der Waals surface area contributed by atoms with Crippen LogP contribution >= 0.6 is 0 Å². The summed E-state index contributed by atoms with van der Waals surface area (Å²) in [7, 11) is 0. The largest absolute Gasteiger partial charge is 0.284 e. The van der Waals surface area contributed by atoms with Gasteiger partial charge >= 0.3 is 0 Å². The van der Waals surface area contributed by atoms with Gasteiger partial charge < -0.3 is 0 Å². The van der Waals surface area contributed by atoms with Gasteiger partial charge in [0.2, 0.25) is 0 Å². The van der Waals surface area contributed by atoms with Crippen molar-refractivity contribution in [1.82, 2.24) is 24.1 Å². The molecule has 0 amide bonds. The second-order valence-electron chi connectivity index (χ2n) is 3.16. The zero-order valence-electron chi connectivity index (χ0n) is 8.15. The summed E-state index contributed by atoms with van der Waals surface area (Å²) in [6, 6.07) is 7.55. The fourth-order valence-electron chi connectivity index (χ4n) is 1.54. The highest BCUT2D eigenvalue weighted by Gasteiger charge is 2.05. The van der Waals surface area contributed by atoms with E-state index in [-0.39, 0.29) is 5.82 Å². The minimum Gasteiger partial charge on any atom is -0.284 e. The van der Waals surface area contributed by atoms with E-state index in [4.69, 9.17) is 5.26 Å². The summed E-state index contributed by atoms with van der Waals surface area (Å²) in [5.41, 5.74) is 0.825. The van der Waals surface area contributed by atoms with Crippen molar-refractivity contribution in [1.29, 1.82) is 5.26 Å². The molecule has 0 aliphatic heterocycles. The minimum absolute atomic E-state index is 0.150. The molecule has 3 aromatic heterocycles. The molecule has 0 saturated heterocycles. The molecule has 3 rings (SSSR count). The van der Waals surface area contributed by atoms with Crippen molar-refractivity contribution in [3.63, 3.8) is 0 Å². The van der Waals surface area contributed by atoms with Gasteiger partial charge in [0.15, 0.2) is 0 Å². The van der Waals surface area contributed by atoms with Gasteiger partial charge in [-0.25, -0.2) is 14.6 Å². The van der Waals surface area contributed by atoms with Gasteiger partial charge in [-0.1, -0.05) is 6.07 Å². The van der Waals surface area contributed by atoms with E-state index in [0.29, 0.717) is 0 Å². The van der Waals surface area contributed by atoms with Gasteiger partial charge in [0.05, 0.1) is 0 Å². The molecule has 0 unspecified atom stereocenters. The van der Waals surface area contributed by atoms with Crippen LogP contribution in [0, 0.1) is 11.3 Å². The van der Waals surface area contributed by atoms with Crippen LogP contribution < -0.4 is 0 Å². The standard InChI is InChI=1S/C10H6N6/c11-6-8-13-7-16(14-8)10-3-1-2-9-12-4-5-15(9)10/h1-5,7H. The first kappa shape index (κ1) is 8.61. The molecule has 76 valence electrons. The number of aromatic nitrogens is 5. The molecule has 0 aliphatic carbocycles. The highest BCUT2D eigenvalue weighted by molar-refractivity contribution is 5.44. The van der Waals surface area contributed by atoms with Crippen LogP contribution in [0.25, 0.3) is 11.5 Å². The number of imidazole rings is 1. The van der Waals surface area contributed by atoms with Crippen LogP contribution in [0.1, 0.15) is 5.82 Å². The first-order valence-electron chi connectivity index (χ1n) is 4.63. The van der Waals surface area contributed by atoms with Crippen LogP contribution in [0.2, 0.25) is 0 Å². The van der Waals surface area contributed by atoms with E-state index < -0.39 is 0 Å². The number of rotatable bonds is 1. The zero-order chi connectivity index (χ0) is 11.0. The maximum atomic E-state index is 8.66. The monoisotopic (exact) mass is 210 g/mol. The van der Waals surface area contributed by atoms with E-state index in [0.717, 1.165) is 11.5 Å². The van der Waals surface area contributed by atoms with E-state index in [1.54, 1.807) is 10.9 Å². The molecule has 0 atom stereocenters. The summed E-state index contributed by atoms with van der Waals surface area (Å²) in [6.07, 6.45) is 5.05. The third-order valence-corrected chi connectivity index (χ3v) is 2.23. The molecule has 16 heavy (non-hydrogen) atoms. The molecular weight excluding hydrogens is 204 g/mol. The van der Waals surface area contributed by atoms with Crippen molar-refractivity contribution in [3.05, 3.63) is 42.7 Å². The predicted octanol–water partition coefficient (Wildman–Crippen LogP) is 0.787.